The molecule has 2 N–H and O–H groups in total. The molecule has 0 saturated heterocycles. The summed E-state index contributed by atoms with van der Waals surface area (Å²) in [6, 6.07) is 0. The number of nitrogens with one attached hydrogen (secondary N) is 1. The van der Waals surface area contributed by atoms with Crippen LogP contribution in [0, 0.1) is 5.41 Å². The van der Waals surface area contributed by atoms with Crippen LogP contribution in [0.4, 0.5) is 0 Å². The monoisotopic (exact) mass is 185 g/mol. The minimum atomic E-state index is 0.0273. The molecule has 0 aromatic heterocycles. The van der Waals surface area contributed by atoms with E-state index in [1.54, 1.807) is 0 Å². The van der Waals surface area contributed by atoms with Gasteiger partial charge >= 0.3 is 0 Å². The molecule has 1 atom stereocenters. The minimum absolute atomic E-state index is 0.0273. The number of aliphatic hydroxyl groups excluding tert-OH is 1. The van der Waals surface area contributed by atoms with Gasteiger partial charge in [0, 0.05) is 5.54 Å². The molecule has 0 aromatic rings. The number of aliphatic hydroxyl groups is 1. The predicted octanol–water partition coefficient (Wildman–Crippen LogP) is 1.93. The van der Waals surface area contributed by atoms with Gasteiger partial charge < -0.3 is 10.4 Å². The summed E-state index contributed by atoms with van der Waals surface area (Å²) < 4.78 is 0. The van der Waals surface area contributed by atoms with E-state index in [0.717, 1.165) is 25.8 Å². The summed E-state index contributed by atoms with van der Waals surface area (Å²) in [4.78, 5) is 0. The van der Waals surface area contributed by atoms with Crippen LogP contribution < -0.4 is 5.32 Å². The zero-order valence-electron chi connectivity index (χ0n) is 9.19. The third-order valence-electron chi connectivity index (χ3n) is 3.15. The number of hydrogen-bond acceptors (Lipinski definition) is 2. The van der Waals surface area contributed by atoms with Gasteiger partial charge in [0.25, 0.3) is 0 Å². The van der Waals surface area contributed by atoms with Gasteiger partial charge in [0.1, 0.15) is 0 Å². The van der Waals surface area contributed by atoms with Gasteiger partial charge in [-0.3, -0.25) is 0 Å². The zero-order valence-corrected chi connectivity index (χ0v) is 9.19. The fraction of sp³-hybridized carbons (Fsp3) is 1.00. The molecule has 78 valence electrons. The van der Waals surface area contributed by atoms with Crippen molar-refractivity contribution in [2.45, 2.75) is 52.0 Å². The maximum atomic E-state index is 9.41. The summed E-state index contributed by atoms with van der Waals surface area (Å²) in [5.74, 6) is 0. The van der Waals surface area contributed by atoms with E-state index >= 15 is 0 Å². The topological polar surface area (TPSA) is 32.3 Å². The molecule has 1 aliphatic rings. The Bertz CT molecular complexity index is 167. The molecule has 1 fully saturated rings. The average Bonchev–Trinajstić information content (AvgIpc) is 2.40. The van der Waals surface area contributed by atoms with Crippen LogP contribution in [0.5, 0.6) is 0 Å². The largest absolute Gasteiger partial charge is 0.394 e. The van der Waals surface area contributed by atoms with Gasteiger partial charge in [-0.2, -0.15) is 0 Å². The van der Waals surface area contributed by atoms with Gasteiger partial charge in [0.15, 0.2) is 0 Å². The summed E-state index contributed by atoms with van der Waals surface area (Å²) in [5, 5.41) is 12.9. The van der Waals surface area contributed by atoms with Crippen LogP contribution in [0.1, 0.15) is 46.5 Å². The lowest BCUT2D eigenvalue weighted by molar-refractivity contribution is 0.153. The predicted molar refractivity (Wildman–Crippen MR) is 55.7 cm³/mol. The number of rotatable bonds is 4. The molecule has 1 saturated carbocycles. The van der Waals surface area contributed by atoms with Gasteiger partial charge in [0.05, 0.1) is 6.61 Å². The molecule has 0 aliphatic heterocycles. The Kier molecular flexibility index (Phi) is 3.36. The lowest BCUT2D eigenvalue weighted by Gasteiger charge is -2.30. The normalized spacial score (nSPS) is 32.3. The van der Waals surface area contributed by atoms with E-state index in [0.29, 0.717) is 5.41 Å². The van der Waals surface area contributed by atoms with E-state index in [1.165, 1.54) is 6.42 Å². The standard InChI is InChI=1S/C11H23NO/c1-4-7-12-11(9-13)6-5-10(2,3)8-11/h12-13H,4-9H2,1-3H3. The highest BCUT2D eigenvalue weighted by Gasteiger charge is 2.42. The first-order chi connectivity index (χ1) is 6.04. The highest BCUT2D eigenvalue weighted by molar-refractivity contribution is 4.99. The molecular weight excluding hydrogens is 162 g/mol. The Morgan fingerprint density at radius 1 is 1.31 bits per heavy atom. The molecular formula is C11H23NO. The lowest BCUT2D eigenvalue weighted by Crippen LogP contribution is -2.47. The number of hydrogen-bond donors (Lipinski definition) is 2. The second-order valence-corrected chi connectivity index (χ2v) is 5.21. The fourth-order valence-corrected chi connectivity index (χ4v) is 2.40. The average molecular weight is 185 g/mol. The quantitative estimate of drug-likeness (QED) is 0.701. The summed E-state index contributed by atoms with van der Waals surface area (Å²) in [5.41, 5.74) is 0.434. The second-order valence-electron chi connectivity index (χ2n) is 5.21. The molecule has 1 rings (SSSR count). The van der Waals surface area contributed by atoms with E-state index in [1.807, 2.05) is 0 Å². The molecule has 1 aliphatic carbocycles. The summed E-state index contributed by atoms with van der Waals surface area (Å²) in [6.45, 7) is 8.06. The van der Waals surface area contributed by atoms with Crippen LogP contribution in [0.3, 0.4) is 0 Å². The van der Waals surface area contributed by atoms with Crippen LogP contribution in [-0.4, -0.2) is 23.8 Å². The van der Waals surface area contributed by atoms with Crippen LogP contribution in [0.25, 0.3) is 0 Å². The summed E-state index contributed by atoms with van der Waals surface area (Å²) >= 11 is 0. The van der Waals surface area contributed by atoms with Crippen molar-refractivity contribution in [3.63, 3.8) is 0 Å². The van der Waals surface area contributed by atoms with Crippen molar-refractivity contribution >= 4 is 0 Å². The Balaban J connectivity index is 2.52. The van der Waals surface area contributed by atoms with E-state index in [-0.39, 0.29) is 12.1 Å². The van der Waals surface area contributed by atoms with Crippen LogP contribution in [-0.2, 0) is 0 Å². The minimum Gasteiger partial charge on any atom is -0.394 e. The van der Waals surface area contributed by atoms with Crippen molar-refractivity contribution in [1.82, 2.24) is 5.32 Å². The highest BCUT2D eigenvalue weighted by Crippen LogP contribution is 2.43. The molecule has 0 bridgehead atoms. The smallest absolute Gasteiger partial charge is 0.0613 e. The third kappa shape index (κ3) is 2.68. The van der Waals surface area contributed by atoms with Gasteiger partial charge in [-0.1, -0.05) is 20.8 Å². The molecule has 13 heavy (non-hydrogen) atoms. The summed E-state index contributed by atoms with van der Waals surface area (Å²) in [6.07, 6.45) is 4.60. The van der Waals surface area contributed by atoms with Gasteiger partial charge in [-0.25, -0.2) is 0 Å². The Labute approximate surface area is 81.7 Å². The Morgan fingerprint density at radius 3 is 2.38 bits per heavy atom. The first-order valence-electron chi connectivity index (χ1n) is 5.39. The summed E-state index contributed by atoms with van der Waals surface area (Å²) in [7, 11) is 0. The maximum absolute atomic E-state index is 9.41. The molecule has 0 amide bonds. The molecule has 0 heterocycles. The first kappa shape index (κ1) is 11.0. The SMILES string of the molecule is CCCNC1(CO)CCC(C)(C)C1. The molecule has 0 radical (unpaired) electrons. The molecule has 2 heteroatoms. The zero-order chi connectivity index (χ0) is 9.95. The highest BCUT2D eigenvalue weighted by atomic mass is 16.3. The fourth-order valence-electron chi connectivity index (χ4n) is 2.40. The first-order valence-corrected chi connectivity index (χ1v) is 5.39. The van der Waals surface area contributed by atoms with Crippen LogP contribution in [0.15, 0.2) is 0 Å². The van der Waals surface area contributed by atoms with E-state index < -0.39 is 0 Å². The van der Waals surface area contributed by atoms with Crippen LogP contribution in [0.2, 0.25) is 0 Å². The van der Waals surface area contributed by atoms with Gasteiger partial charge in [-0.05, 0) is 37.6 Å². The lowest BCUT2D eigenvalue weighted by atomic mass is 9.88. The van der Waals surface area contributed by atoms with Gasteiger partial charge in [-0.15, -0.1) is 0 Å². The van der Waals surface area contributed by atoms with Crippen molar-refractivity contribution in [2.75, 3.05) is 13.2 Å². The second kappa shape index (κ2) is 3.97. The Hall–Kier alpha value is -0.0800. The van der Waals surface area contributed by atoms with Gasteiger partial charge in [0.2, 0.25) is 0 Å². The molecule has 2 nitrogen and oxygen atoms in total. The van der Waals surface area contributed by atoms with Crippen molar-refractivity contribution in [3.05, 3.63) is 0 Å². The van der Waals surface area contributed by atoms with Crippen molar-refractivity contribution < 1.29 is 5.11 Å². The van der Waals surface area contributed by atoms with E-state index in [4.69, 9.17) is 0 Å². The maximum Gasteiger partial charge on any atom is 0.0613 e. The van der Waals surface area contributed by atoms with Crippen molar-refractivity contribution in [1.29, 1.82) is 0 Å². The van der Waals surface area contributed by atoms with E-state index in [2.05, 4.69) is 26.1 Å². The Morgan fingerprint density at radius 2 is 2.00 bits per heavy atom. The van der Waals surface area contributed by atoms with Crippen LogP contribution >= 0.6 is 0 Å². The van der Waals surface area contributed by atoms with Crippen molar-refractivity contribution in [3.8, 4) is 0 Å². The third-order valence-corrected chi connectivity index (χ3v) is 3.15. The molecule has 0 aromatic carbocycles. The molecule has 0 spiro atoms. The van der Waals surface area contributed by atoms with E-state index in [9.17, 15) is 5.11 Å². The van der Waals surface area contributed by atoms with Crippen molar-refractivity contribution in [2.24, 2.45) is 5.41 Å². The molecule has 1 unspecified atom stereocenters.